The number of hydrogen-bond acceptors (Lipinski definition) is 5. The topological polar surface area (TPSA) is 107 Å². The van der Waals surface area contributed by atoms with Crippen LogP contribution in [0.3, 0.4) is 0 Å². The van der Waals surface area contributed by atoms with E-state index in [0.29, 0.717) is 0 Å². The molecule has 6 N–H and O–H groups in total. The Morgan fingerprint density at radius 1 is 1.40 bits per heavy atom. The van der Waals surface area contributed by atoms with Crippen molar-refractivity contribution < 1.29 is 20.4 Å². The fraction of sp³-hybridized carbons (Fsp3) is 1.00. The average Bonchev–Trinajstić information content (AvgIpc) is 1.86. The molecule has 62 valence electrons. The Morgan fingerprint density at radius 2 is 1.80 bits per heavy atom. The zero-order valence-electron chi connectivity index (χ0n) is 5.73. The minimum atomic E-state index is -2.60. The van der Waals surface area contributed by atoms with Crippen molar-refractivity contribution in [1.29, 1.82) is 0 Å². The SMILES string of the molecule is CCC(N)C(O)(O)C(O)O. The summed E-state index contributed by atoms with van der Waals surface area (Å²) in [5.74, 6) is -2.60. The van der Waals surface area contributed by atoms with Crippen molar-refractivity contribution in [1.82, 2.24) is 0 Å². The predicted octanol–water partition coefficient (Wildman–Crippen LogP) is -2.28. The van der Waals surface area contributed by atoms with E-state index in [4.69, 9.17) is 26.2 Å². The molecule has 0 saturated carbocycles. The number of aliphatic hydroxyl groups is 4. The van der Waals surface area contributed by atoms with E-state index in [1.165, 1.54) is 0 Å². The normalized spacial score (nSPS) is 15.9. The molecule has 0 aromatic carbocycles. The zero-order chi connectivity index (χ0) is 8.36. The van der Waals surface area contributed by atoms with E-state index < -0.39 is 18.1 Å². The fourth-order valence-corrected chi connectivity index (χ4v) is 0.492. The van der Waals surface area contributed by atoms with Crippen LogP contribution >= 0.6 is 0 Å². The highest BCUT2D eigenvalue weighted by Gasteiger charge is 2.37. The van der Waals surface area contributed by atoms with E-state index in [0.717, 1.165) is 0 Å². The standard InChI is InChI=1S/C5H13NO4/c1-2-3(6)5(9,10)4(7)8/h3-4,7-10H,2,6H2,1H3. The molecule has 0 bridgehead atoms. The molecule has 0 aromatic rings. The lowest BCUT2D eigenvalue weighted by Crippen LogP contribution is -2.55. The van der Waals surface area contributed by atoms with Gasteiger partial charge in [-0.15, -0.1) is 0 Å². The van der Waals surface area contributed by atoms with E-state index in [1.54, 1.807) is 6.92 Å². The maximum absolute atomic E-state index is 8.79. The van der Waals surface area contributed by atoms with Gasteiger partial charge in [0.1, 0.15) is 0 Å². The van der Waals surface area contributed by atoms with Gasteiger partial charge in [-0.05, 0) is 6.42 Å². The zero-order valence-corrected chi connectivity index (χ0v) is 5.73. The van der Waals surface area contributed by atoms with Crippen LogP contribution in [0, 0.1) is 0 Å². The first kappa shape index (κ1) is 9.80. The van der Waals surface area contributed by atoms with Crippen molar-refractivity contribution >= 4 is 0 Å². The van der Waals surface area contributed by atoms with Gasteiger partial charge < -0.3 is 26.2 Å². The highest BCUT2D eigenvalue weighted by molar-refractivity contribution is 4.79. The van der Waals surface area contributed by atoms with Crippen molar-refractivity contribution in [3.63, 3.8) is 0 Å². The van der Waals surface area contributed by atoms with Crippen molar-refractivity contribution in [2.75, 3.05) is 0 Å². The Labute approximate surface area is 58.7 Å². The number of nitrogens with two attached hydrogens (primary N) is 1. The quantitative estimate of drug-likeness (QED) is 0.292. The predicted molar refractivity (Wildman–Crippen MR) is 33.7 cm³/mol. The fourth-order valence-electron chi connectivity index (χ4n) is 0.492. The summed E-state index contributed by atoms with van der Waals surface area (Å²) in [5, 5.41) is 34.3. The van der Waals surface area contributed by atoms with Gasteiger partial charge in [0.15, 0.2) is 0 Å². The summed E-state index contributed by atoms with van der Waals surface area (Å²) in [5.41, 5.74) is 5.13. The van der Waals surface area contributed by atoms with Gasteiger partial charge in [-0.25, -0.2) is 0 Å². The molecular weight excluding hydrogens is 138 g/mol. The Balaban J connectivity index is 4.09. The first-order chi connectivity index (χ1) is 4.42. The Hall–Kier alpha value is -0.200. The smallest absolute Gasteiger partial charge is 0.230 e. The van der Waals surface area contributed by atoms with Gasteiger partial charge in [-0.2, -0.15) is 0 Å². The van der Waals surface area contributed by atoms with Crippen molar-refractivity contribution in [2.24, 2.45) is 5.73 Å². The third-order valence-electron chi connectivity index (χ3n) is 1.37. The van der Waals surface area contributed by atoms with Gasteiger partial charge in [0.25, 0.3) is 0 Å². The molecule has 0 rings (SSSR count). The summed E-state index contributed by atoms with van der Waals surface area (Å²) in [6, 6.07) is -1.05. The van der Waals surface area contributed by atoms with Gasteiger partial charge >= 0.3 is 0 Å². The van der Waals surface area contributed by atoms with Crippen LogP contribution in [0.15, 0.2) is 0 Å². The molecule has 0 spiro atoms. The lowest BCUT2D eigenvalue weighted by atomic mass is 10.1. The van der Waals surface area contributed by atoms with Crippen LogP contribution in [0.1, 0.15) is 13.3 Å². The maximum atomic E-state index is 8.79. The van der Waals surface area contributed by atoms with Crippen LogP contribution in [-0.4, -0.2) is 38.5 Å². The minimum absolute atomic E-state index is 0.255. The third kappa shape index (κ3) is 1.89. The number of aliphatic hydroxyl groups excluding tert-OH is 1. The molecule has 0 fully saturated rings. The summed E-state index contributed by atoms with van der Waals surface area (Å²) in [6.45, 7) is 1.61. The summed E-state index contributed by atoms with van der Waals surface area (Å²) in [4.78, 5) is 0. The lowest BCUT2D eigenvalue weighted by molar-refractivity contribution is -0.298. The van der Waals surface area contributed by atoms with Gasteiger partial charge in [-0.1, -0.05) is 6.92 Å². The van der Waals surface area contributed by atoms with E-state index >= 15 is 0 Å². The first-order valence-corrected chi connectivity index (χ1v) is 2.99. The number of rotatable bonds is 3. The second kappa shape index (κ2) is 3.27. The molecule has 10 heavy (non-hydrogen) atoms. The van der Waals surface area contributed by atoms with Crippen molar-refractivity contribution in [2.45, 2.75) is 31.5 Å². The van der Waals surface area contributed by atoms with Crippen LogP contribution in [0.5, 0.6) is 0 Å². The Morgan fingerprint density at radius 3 is 1.90 bits per heavy atom. The number of hydrogen-bond donors (Lipinski definition) is 5. The van der Waals surface area contributed by atoms with E-state index in [-0.39, 0.29) is 6.42 Å². The molecular formula is C5H13NO4. The first-order valence-electron chi connectivity index (χ1n) is 2.99. The largest absolute Gasteiger partial charge is 0.364 e. The van der Waals surface area contributed by atoms with Crippen LogP contribution in [-0.2, 0) is 0 Å². The van der Waals surface area contributed by atoms with Gasteiger partial charge in [0, 0.05) is 0 Å². The van der Waals surface area contributed by atoms with E-state index in [1.807, 2.05) is 0 Å². The highest BCUT2D eigenvalue weighted by Crippen LogP contribution is 2.10. The van der Waals surface area contributed by atoms with Gasteiger partial charge in [0.05, 0.1) is 6.04 Å². The Bertz CT molecular complexity index is 104. The molecule has 0 aromatic heterocycles. The van der Waals surface area contributed by atoms with Crippen LogP contribution in [0.4, 0.5) is 0 Å². The summed E-state index contributed by atoms with van der Waals surface area (Å²) >= 11 is 0. The van der Waals surface area contributed by atoms with E-state index in [9.17, 15) is 0 Å². The van der Waals surface area contributed by atoms with Gasteiger partial charge in [-0.3, -0.25) is 0 Å². The molecule has 0 aliphatic rings. The molecule has 1 atom stereocenters. The molecule has 5 heteroatoms. The van der Waals surface area contributed by atoms with Crippen LogP contribution in [0.25, 0.3) is 0 Å². The molecule has 1 unspecified atom stereocenters. The van der Waals surface area contributed by atoms with Crippen LogP contribution in [0.2, 0.25) is 0 Å². The van der Waals surface area contributed by atoms with Crippen LogP contribution < -0.4 is 5.73 Å². The third-order valence-corrected chi connectivity index (χ3v) is 1.37. The molecule has 0 heterocycles. The summed E-state index contributed by atoms with van der Waals surface area (Å²) in [6.07, 6.45) is -1.97. The lowest BCUT2D eigenvalue weighted by Gasteiger charge is -2.28. The van der Waals surface area contributed by atoms with E-state index in [2.05, 4.69) is 0 Å². The second-order valence-corrected chi connectivity index (χ2v) is 2.17. The summed E-state index contributed by atoms with van der Waals surface area (Å²) in [7, 11) is 0. The highest BCUT2D eigenvalue weighted by atomic mass is 16.6. The van der Waals surface area contributed by atoms with Crippen molar-refractivity contribution in [3.05, 3.63) is 0 Å². The molecule has 0 amide bonds. The average molecular weight is 151 g/mol. The molecule has 0 aliphatic heterocycles. The van der Waals surface area contributed by atoms with Crippen molar-refractivity contribution in [3.8, 4) is 0 Å². The minimum Gasteiger partial charge on any atom is -0.364 e. The monoisotopic (exact) mass is 151 g/mol. The molecule has 0 aliphatic carbocycles. The molecule has 0 saturated heterocycles. The summed E-state index contributed by atoms with van der Waals surface area (Å²) < 4.78 is 0. The second-order valence-electron chi connectivity index (χ2n) is 2.17. The molecule has 5 nitrogen and oxygen atoms in total. The molecule has 0 radical (unpaired) electrons. The Kier molecular flexibility index (Phi) is 3.20. The van der Waals surface area contributed by atoms with Gasteiger partial charge in [0.2, 0.25) is 12.1 Å². The maximum Gasteiger partial charge on any atom is 0.230 e.